The van der Waals surface area contributed by atoms with E-state index in [-0.39, 0.29) is 22.1 Å². The number of anilines is 1. The van der Waals surface area contributed by atoms with Gasteiger partial charge in [0, 0.05) is 35.6 Å². The fourth-order valence-corrected chi connectivity index (χ4v) is 4.86. The first-order valence-corrected chi connectivity index (χ1v) is 11.2. The number of fused-ring (bicyclic) bond motifs is 2. The Morgan fingerprint density at radius 1 is 1.06 bits per heavy atom. The number of para-hydroxylation sites is 1. The van der Waals surface area contributed by atoms with Crippen molar-refractivity contribution in [2.24, 2.45) is 5.92 Å². The van der Waals surface area contributed by atoms with Crippen LogP contribution in [-0.2, 0) is 15.9 Å². The number of aliphatic carboxylic acids is 1. The molecule has 3 heterocycles. The molecule has 0 saturated carbocycles. The van der Waals surface area contributed by atoms with E-state index < -0.39 is 22.7 Å². The number of hydrogen-bond donors (Lipinski definition) is 1. The Hall–Kier alpha value is -3.43. The average molecular weight is 452 g/mol. The lowest BCUT2D eigenvalue weighted by molar-refractivity contribution is -0.142. The smallest absolute Gasteiger partial charge is 0.347 e. The Kier molecular flexibility index (Phi) is 5.07. The average Bonchev–Trinajstić information content (AvgIpc) is 3.18. The normalized spacial score (nSPS) is 16.0. The molecular weight excluding hydrogens is 434 g/mol. The molecule has 1 atom stereocenters. The number of benzene rings is 2. The van der Waals surface area contributed by atoms with Crippen molar-refractivity contribution in [1.82, 2.24) is 0 Å². The van der Waals surface area contributed by atoms with Gasteiger partial charge in [0.1, 0.15) is 16.7 Å². The topological polar surface area (TPSA) is 124 Å². The fraction of sp³-hybridized carbons (Fsp3) is 0.217. The predicted octanol–water partition coefficient (Wildman–Crippen LogP) is 3.75. The monoisotopic (exact) mass is 452 g/mol. The summed E-state index contributed by atoms with van der Waals surface area (Å²) in [6.07, 6.45) is 1.11. The van der Waals surface area contributed by atoms with Gasteiger partial charge < -0.3 is 23.4 Å². The number of piperidine rings is 1. The van der Waals surface area contributed by atoms with Crippen LogP contribution in [0.5, 0.6) is 0 Å². The van der Waals surface area contributed by atoms with E-state index in [0.717, 1.165) is 5.69 Å². The zero-order valence-electron chi connectivity index (χ0n) is 16.8. The Balaban J connectivity index is 1.55. The van der Waals surface area contributed by atoms with Crippen molar-refractivity contribution in [2.45, 2.75) is 17.7 Å². The van der Waals surface area contributed by atoms with Crippen LogP contribution in [0.4, 0.5) is 5.69 Å². The van der Waals surface area contributed by atoms with Gasteiger partial charge in [0.05, 0.1) is 10.8 Å². The first-order valence-electron chi connectivity index (χ1n) is 10.1. The maximum atomic E-state index is 12.8. The third-order valence-electron chi connectivity index (χ3n) is 5.89. The van der Waals surface area contributed by atoms with Gasteiger partial charge in [-0.2, -0.15) is 0 Å². The zero-order chi connectivity index (χ0) is 22.4. The summed E-state index contributed by atoms with van der Waals surface area (Å²) in [6, 6.07) is 13.6. The number of hydrogen-bond acceptors (Lipinski definition) is 7. The number of rotatable bonds is 4. The van der Waals surface area contributed by atoms with Crippen molar-refractivity contribution in [3.63, 3.8) is 0 Å². The third kappa shape index (κ3) is 3.49. The van der Waals surface area contributed by atoms with E-state index in [0.29, 0.717) is 47.9 Å². The molecule has 1 saturated heterocycles. The van der Waals surface area contributed by atoms with E-state index in [1.165, 1.54) is 0 Å². The molecule has 2 aromatic carbocycles. The molecule has 9 heteroatoms. The van der Waals surface area contributed by atoms with Gasteiger partial charge in [0.15, 0.2) is 5.76 Å². The second kappa shape index (κ2) is 7.92. The maximum Gasteiger partial charge on any atom is 0.347 e. The van der Waals surface area contributed by atoms with Crippen molar-refractivity contribution >= 4 is 44.7 Å². The lowest BCUT2D eigenvalue weighted by atomic mass is 9.96. The first kappa shape index (κ1) is 20.5. The van der Waals surface area contributed by atoms with Gasteiger partial charge in [-0.1, -0.05) is 12.1 Å². The van der Waals surface area contributed by atoms with E-state index in [4.69, 9.17) is 8.83 Å². The SMILES string of the molecule is O=C(O)C1CCN(c2ccc3cc(-c4oc5ccccc5c4S(=O)[O-])c(=O)oc3c2)CC1. The lowest BCUT2D eigenvalue weighted by Gasteiger charge is -2.31. The Morgan fingerprint density at radius 3 is 2.53 bits per heavy atom. The summed E-state index contributed by atoms with van der Waals surface area (Å²) < 4.78 is 35.0. The zero-order valence-corrected chi connectivity index (χ0v) is 17.6. The molecule has 0 amide bonds. The summed E-state index contributed by atoms with van der Waals surface area (Å²) in [4.78, 5) is 25.9. The first-order chi connectivity index (χ1) is 15.4. The second-order valence-electron chi connectivity index (χ2n) is 7.76. The fourth-order valence-electron chi connectivity index (χ4n) is 4.20. The molecular formula is C23H18NO7S-. The highest BCUT2D eigenvalue weighted by atomic mass is 32.2. The highest BCUT2D eigenvalue weighted by Gasteiger charge is 2.25. The second-order valence-corrected chi connectivity index (χ2v) is 8.64. The van der Waals surface area contributed by atoms with Crippen LogP contribution < -0.4 is 10.5 Å². The van der Waals surface area contributed by atoms with E-state index >= 15 is 0 Å². The standard InChI is InChI=1S/C23H19NO7S/c25-22(26)13-7-9-24(10-8-13)15-6-5-14-11-17(23(27)31-19(14)12-15)20-21(32(28)29)16-3-1-2-4-18(16)30-20/h1-6,11-13H,7-10H2,(H,25,26)(H,28,29)/p-1. The molecule has 0 bridgehead atoms. The molecule has 5 rings (SSSR count). The van der Waals surface area contributed by atoms with Crippen molar-refractivity contribution in [1.29, 1.82) is 0 Å². The van der Waals surface area contributed by atoms with E-state index in [1.54, 1.807) is 42.5 Å². The van der Waals surface area contributed by atoms with Crippen molar-refractivity contribution in [2.75, 3.05) is 18.0 Å². The van der Waals surface area contributed by atoms with Crippen LogP contribution in [0.3, 0.4) is 0 Å². The number of furan rings is 1. The molecule has 0 spiro atoms. The molecule has 1 fully saturated rings. The number of carboxylic acid groups (broad SMARTS) is 1. The van der Waals surface area contributed by atoms with Gasteiger partial charge in [-0.3, -0.25) is 9.00 Å². The molecule has 1 N–H and O–H groups in total. The number of carbonyl (C=O) groups is 1. The summed E-state index contributed by atoms with van der Waals surface area (Å²) in [5.41, 5.74) is 0.883. The van der Waals surface area contributed by atoms with Crippen LogP contribution in [0.15, 0.2) is 67.1 Å². The summed E-state index contributed by atoms with van der Waals surface area (Å²) in [7, 11) is 0. The van der Waals surface area contributed by atoms with Crippen molar-refractivity contribution < 1.29 is 27.5 Å². The van der Waals surface area contributed by atoms with Crippen LogP contribution in [0.25, 0.3) is 33.3 Å². The molecule has 8 nitrogen and oxygen atoms in total. The van der Waals surface area contributed by atoms with Crippen LogP contribution in [0.1, 0.15) is 12.8 Å². The van der Waals surface area contributed by atoms with Crippen molar-refractivity contribution in [3.05, 3.63) is 59.0 Å². The van der Waals surface area contributed by atoms with Gasteiger partial charge >= 0.3 is 11.6 Å². The van der Waals surface area contributed by atoms with Crippen LogP contribution in [-0.4, -0.2) is 32.9 Å². The van der Waals surface area contributed by atoms with Crippen molar-refractivity contribution in [3.8, 4) is 11.3 Å². The molecule has 2 aromatic heterocycles. The molecule has 0 aliphatic carbocycles. The molecule has 32 heavy (non-hydrogen) atoms. The Bertz CT molecular complexity index is 1430. The number of carboxylic acids is 1. The van der Waals surface area contributed by atoms with Crippen LogP contribution >= 0.6 is 0 Å². The molecule has 1 aliphatic rings. The van der Waals surface area contributed by atoms with Crippen LogP contribution in [0.2, 0.25) is 0 Å². The van der Waals surface area contributed by atoms with E-state index in [1.807, 2.05) is 6.07 Å². The minimum Gasteiger partial charge on any atom is -0.768 e. The molecule has 164 valence electrons. The molecule has 1 aliphatic heterocycles. The minimum absolute atomic E-state index is 0.0305. The van der Waals surface area contributed by atoms with Gasteiger partial charge in [0.2, 0.25) is 0 Å². The summed E-state index contributed by atoms with van der Waals surface area (Å²) in [5.74, 6) is -1.16. The lowest BCUT2D eigenvalue weighted by Crippen LogP contribution is -2.36. The van der Waals surface area contributed by atoms with Gasteiger partial charge in [-0.15, -0.1) is 0 Å². The summed E-state index contributed by atoms with van der Waals surface area (Å²) in [6.45, 7) is 1.20. The minimum atomic E-state index is -2.61. The maximum absolute atomic E-state index is 12.8. The highest BCUT2D eigenvalue weighted by molar-refractivity contribution is 7.79. The van der Waals surface area contributed by atoms with Gasteiger partial charge in [0.25, 0.3) is 0 Å². The Labute approximate surface area is 184 Å². The molecule has 1 unspecified atom stereocenters. The van der Waals surface area contributed by atoms with E-state index in [2.05, 4.69) is 4.90 Å². The predicted molar refractivity (Wildman–Crippen MR) is 117 cm³/mol. The quantitative estimate of drug-likeness (QED) is 0.367. The van der Waals surface area contributed by atoms with Gasteiger partial charge in [-0.25, -0.2) is 4.79 Å². The summed E-state index contributed by atoms with van der Waals surface area (Å²) >= 11 is -2.61. The molecule has 4 aromatic rings. The van der Waals surface area contributed by atoms with Crippen LogP contribution in [0, 0.1) is 5.92 Å². The molecule has 0 radical (unpaired) electrons. The number of nitrogens with zero attached hydrogens (tertiary/aromatic N) is 1. The highest BCUT2D eigenvalue weighted by Crippen LogP contribution is 2.35. The van der Waals surface area contributed by atoms with E-state index in [9.17, 15) is 23.5 Å². The third-order valence-corrected chi connectivity index (χ3v) is 6.63. The summed E-state index contributed by atoms with van der Waals surface area (Å²) in [5, 5.41) is 10.2. The largest absolute Gasteiger partial charge is 0.768 e. The van der Waals surface area contributed by atoms with Gasteiger partial charge in [-0.05, 0) is 54.3 Å². The Morgan fingerprint density at radius 2 is 1.81 bits per heavy atom.